The third-order valence-electron chi connectivity index (χ3n) is 1.46. The molecule has 0 atom stereocenters. The Kier molecular flexibility index (Phi) is 2.80. The van der Waals surface area contributed by atoms with Crippen LogP contribution in [0.15, 0.2) is 12.1 Å². The van der Waals surface area contributed by atoms with Crippen LogP contribution in [0.25, 0.3) is 0 Å². The van der Waals surface area contributed by atoms with Gasteiger partial charge in [-0.1, -0.05) is 11.6 Å². The summed E-state index contributed by atoms with van der Waals surface area (Å²) in [6, 6.07) is 2.63. The summed E-state index contributed by atoms with van der Waals surface area (Å²) in [7, 11) is 0. The van der Waals surface area contributed by atoms with E-state index in [4.69, 9.17) is 17.3 Å². The molecule has 1 rings (SSSR count). The molecule has 0 saturated heterocycles. The quantitative estimate of drug-likeness (QED) is 0.746. The molecule has 0 spiro atoms. The van der Waals surface area contributed by atoms with E-state index < -0.39 is 12.1 Å². The summed E-state index contributed by atoms with van der Waals surface area (Å²) in [5, 5.41) is 0.0456. The smallest absolute Gasteiger partial charge is 0.404 e. The summed E-state index contributed by atoms with van der Waals surface area (Å²) < 4.78 is 39.3. The molecule has 0 heterocycles. The van der Waals surface area contributed by atoms with Crippen LogP contribution in [0.4, 0.5) is 18.9 Å². The zero-order chi connectivity index (χ0) is 10.9. The molecule has 1 aromatic carbocycles. The molecule has 0 aliphatic heterocycles. The van der Waals surface area contributed by atoms with Gasteiger partial charge in [0.2, 0.25) is 0 Å². The zero-order valence-corrected chi connectivity index (χ0v) is 7.91. The molecular formula is C8H7ClF3NO. The highest BCUT2D eigenvalue weighted by Crippen LogP contribution is 2.34. The lowest BCUT2D eigenvalue weighted by Gasteiger charge is -2.12. The van der Waals surface area contributed by atoms with E-state index in [1.165, 1.54) is 12.1 Å². The summed E-state index contributed by atoms with van der Waals surface area (Å²) >= 11 is 5.58. The first-order valence-electron chi connectivity index (χ1n) is 3.61. The van der Waals surface area contributed by atoms with Crippen molar-refractivity contribution in [2.75, 3.05) is 5.73 Å². The molecule has 78 valence electrons. The van der Waals surface area contributed by atoms with Crippen molar-refractivity contribution in [1.29, 1.82) is 0 Å². The third kappa shape index (κ3) is 2.70. The second kappa shape index (κ2) is 3.57. The van der Waals surface area contributed by atoms with Crippen molar-refractivity contribution in [3.8, 4) is 5.75 Å². The van der Waals surface area contributed by atoms with Gasteiger partial charge in [0.05, 0.1) is 10.7 Å². The largest absolute Gasteiger partial charge is 0.573 e. The summed E-state index contributed by atoms with van der Waals surface area (Å²) in [6.07, 6.45) is -4.76. The fourth-order valence-electron chi connectivity index (χ4n) is 0.931. The molecule has 0 bridgehead atoms. The van der Waals surface area contributed by atoms with E-state index in [1.54, 1.807) is 6.92 Å². The summed E-state index contributed by atoms with van der Waals surface area (Å²) in [6.45, 7) is 1.59. The Balaban J connectivity index is 3.09. The third-order valence-corrected chi connectivity index (χ3v) is 1.77. The Morgan fingerprint density at radius 3 is 2.43 bits per heavy atom. The first-order chi connectivity index (χ1) is 6.29. The predicted molar refractivity (Wildman–Crippen MR) is 47.3 cm³/mol. The number of alkyl halides is 3. The minimum atomic E-state index is -4.76. The minimum Gasteiger partial charge on any atom is -0.404 e. The first kappa shape index (κ1) is 11.0. The van der Waals surface area contributed by atoms with Crippen molar-refractivity contribution in [1.82, 2.24) is 0 Å². The van der Waals surface area contributed by atoms with Crippen LogP contribution in [0.3, 0.4) is 0 Å². The van der Waals surface area contributed by atoms with Crippen molar-refractivity contribution in [3.63, 3.8) is 0 Å². The Bertz CT molecular complexity index is 351. The maximum absolute atomic E-state index is 11.9. The van der Waals surface area contributed by atoms with Gasteiger partial charge < -0.3 is 10.5 Å². The van der Waals surface area contributed by atoms with Crippen LogP contribution in [0.5, 0.6) is 5.75 Å². The number of hydrogen-bond acceptors (Lipinski definition) is 2. The van der Waals surface area contributed by atoms with Gasteiger partial charge >= 0.3 is 6.36 Å². The van der Waals surface area contributed by atoms with E-state index >= 15 is 0 Å². The lowest BCUT2D eigenvalue weighted by atomic mass is 10.2. The summed E-state index contributed by atoms with van der Waals surface area (Å²) in [5.74, 6) is -0.470. The van der Waals surface area contributed by atoms with Gasteiger partial charge in [-0.3, -0.25) is 0 Å². The summed E-state index contributed by atoms with van der Waals surface area (Å²) in [4.78, 5) is 0. The van der Waals surface area contributed by atoms with Crippen LogP contribution in [-0.2, 0) is 0 Å². The highest BCUT2D eigenvalue weighted by molar-refractivity contribution is 6.33. The average Bonchev–Trinajstić information content (AvgIpc) is 1.96. The SMILES string of the molecule is Cc1cc(Cl)c(N)c(OC(F)(F)F)c1. The lowest BCUT2D eigenvalue weighted by Crippen LogP contribution is -2.18. The van der Waals surface area contributed by atoms with Crippen LogP contribution >= 0.6 is 11.6 Å². The number of nitrogens with two attached hydrogens (primary N) is 1. The highest BCUT2D eigenvalue weighted by atomic mass is 35.5. The van der Waals surface area contributed by atoms with E-state index in [1.807, 2.05) is 0 Å². The number of benzene rings is 1. The van der Waals surface area contributed by atoms with Crippen molar-refractivity contribution in [2.45, 2.75) is 13.3 Å². The molecule has 0 fully saturated rings. The molecular weight excluding hydrogens is 219 g/mol. The van der Waals surface area contributed by atoms with E-state index in [2.05, 4.69) is 4.74 Å². The lowest BCUT2D eigenvalue weighted by molar-refractivity contribution is -0.274. The zero-order valence-electron chi connectivity index (χ0n) is 7.15. The molecule has 1 aromatic rings. The van der Waals surface area contributed by atoms with E-state index in [-0.39, 0.29) is 10.7 Å². The molecule has 14 heavy (non-hydrogen) atoms. The number of ether oxygens (including phenoxy) is 1. The standard InChI is InChI=1S/C8H7ClF3NO/c1-4-2-5(9)7(13)6(3-4)14-8(10,11)12/h2-3H,13H2,1H3. The van der Waals surface area contributed by atoms with Crippen molar-refractivity contribution < 1.29 is 17.9 Å². The average molecular weight is 226 g/mol. The van der Waals surface area contributed by atoms with Crippen LogP contribution in [-0.4, -0.2) is 6.36 Å². The predicted octanol–water partition coefficient (Wildman–Crippen LogP) is 3.13. The molecule has 0 aromatic heterocycles. The van der Waals surface area contributed by atoms with Crippen molar-refractivity contribution in [2.24, 2.45) is 0 Å². The van der Waals surface area contributed by atoms with Gasteiger partial charge in [-0.15, -0.1) is 13.2 Å². The van der Waals surface area contributed by atoms with Crippen LogP contribution in [0, 0.1) is 6.92 Å². The Hall–Kier alpha value is -1.10. The van der Waals surface area contributed by atoms with Crippen LogP contribution in [0.1, 0.15) is 5.56 Å². The van der Waals surface area contributed by atoms with E-state index in [0.717, 1.165) is 0 Å². The number of aryl methyl sites for hydroxylation is 1. The molecule has 2 nitrogen and oxygen atoms in total. The maximum atomic E-state index is 11.9. The van der Waals surface area contributed by atoms with E-state index in [9.17, 15) is 13.2 Å². The molecule has 0 unspecified atom stereocenters. The number of anilines is 1. The molecule has 0 radical (unpaired) electrons. The van der Waals surface area contributed by atoms with Gasteiger partial charge in [-0.2, -0.15) is 0 Å². The van der Waals surface area contributed by atoms with Gasteiger partial charge in [-0.25, -0.2) is 0 Å². The number of halogens is 4. The highest BCUT2D eigenvalue weighted by Gasteiger charge is 2.32. The number of nitrogen functional groups attached to an aromatic ring is 1. The molecule has 0 aliphatic carbocycles. The maximum Gasteiger partial charge on any atom is 0.573 e. The monoisotopic (exact) mass is 225 g/mol. The first-order valence-corrected chi connectivity index (χ1v) is 3.99. The molecule has 0 saturated carbocycles. The minimum absolute atomic E-state index is 0.0456. The van der Waals surface area contributed by atoms with Gasteiger partial charge in [0.1, 0.15) is 0 Å². The second-order valence-electron chi connectivity index (χ2n) is 2.71. The van der Waals surface area contributed by atoms with Gasteiger partial charge in [0, 0.05) is 0 Å². The fourth-order valence-corrected chi connectivity index (χ4v) is 1.20. The van der Waals surface area contributed by atoms with Gasteiger partial charge in [0.25, 0.3) is 0 Å². The van der Waals surface area contributed by atoms with Crippen molar-refractivity contribution >= 4 is 17.3 Å². The Morgan fingerprint density at radius 2 is 1.93 bits per heavy atom. The van der Waals surface area contributed by atoms with Gasteiger partial charge in [-0.05, 0) is 24.6 Å². The van der Waals surface area contributed by atoms with Gasteiger partial charge in [0.15, 0.2) is 5.75 Å². The molecule has 0 amide bonds. The fraction of sp³-hybridized carbons (Fsp3) is 0.250. The topological polar surface area (TPSA) is 35.2 Å². The van der Waals surface area contributed by atoms with Crippen LogP contribution in [0.2, 0.25) is 5.02 Å². The second-order valence-corrected chi connectivity index (χ2v) is 3.11. The number of rotatable bonds is 1. The molecule has 2 N–H and O–H groups in total. The van der Waals surface area contributed by atoms with Crippen LogP contribution < -0.4 is 10.5 Å². The molecule has 0 aliphatic rings. The Morgan fingerprint density at radius 1 is 1.36 bits per heavy atom. The summed E-state index contributed by atoms with van der Waals surface area (Å²) in [5.41, 5.74) is 5.63. The molecule has 6 heteroatoms. The normalized spacial score (nSPS) is 11.5. The Labute approximate surface area is 83.4 Å². The number of hydrogen-bond donors (Lipinski definition) is 1. The van der Waals surface area contributed by atoms with E-state index in [0.29, 0.717) is 5.56 Å². The van der Waals surface area contributed by atoms with Crippen molar-refractivity contribution in [3.05, 3.63) is 22.7 Å².